The molecule has 0 aromatic heterocycles. The van der Waals surface area contributed by atoms with Crippen molar-refractivity contribution in [2.75, 3.05) is 54.1 Å². The fraction of sp³-hybridized carbons (Fsp3) is 0.667. The maximum Gasteiger partial charge on any atom is 0.306 e. The molecule has 236 valence electrons. The maximum atomic E-state index is 12.2. The molecule has 0 saturated carbocycles. The molecule has 0 fully saturated rings. The molecular weight excluding hydrogens is 549 g/mol. The van der Waals surface area contributed by atoms with E-state index in [9.17, 15) is 19.0 Å². The number of hydrogen-bond acceptors (Lipinski definition) is 9. The minimum absolute atomic E-state index is 0.0505. The van der Waals surface area contributed by atoms with Gasteiger partial charge in [-0.1, -0.05) is 55.0 Å². The number of aliphatic hydroxyl groups is 1. The quantitative estimate of drug-likeness (QED) is 0.0516. The third-order valence-electron chi connectivity index (χ3n) is 5.46. The molecule has 0 spiro atoms. The number of esters is 2. The molecule has 1 unspecified atom stereocenters. The first kappa shape index (κ1) is 38.9. The van der Waals surface area contributed by atoms with Gasteiger partial charge in [0.2, 0.25) is 0 Å². The van der Waals surface area contributed by atoms with Crippen molar-refractivity contribution in [1.29, 1.82) is 0 Å². The van der Waals surface area contributed by atoms with Gasteiger partial charge in [0.15, 0.2) is 6.10 Å². The van der Waals surface area contributed by atoms with E-state index in [4.69, 9.17) is 23.6 Å². The lowest BCUT2D eigenvalue weighted by molar-refractivity contribution is -0.870. The third kappa shape index (κ3) is 29.2. The molecule has 0 amide bonds. The fourth-order valence-electron chi connectivity index (χ4n) is 3.17. The third-order valence-corrected chi connectivity index (χ3v) is 6.43. The number of quaternary nitrogens is 1. The van der Waals surface area contributed by atoms with Crippen LogP contribution >= 0.6 is 7.82 Å². The number of likely N-dealkylation sites (N-methyl/N-ethyl adjacent to an activating group) is 1. The molecule has 1 N–H and O–H groups in total. The SMILES string of the molecule is CC(=O)OC[C@H](COP(=O)([O-])OCC[N+](C)(C)C)OC(=O)CCC/C=C\C/C=C\C/C=C\C/C=C\CCCCCO. The van der Waals surface area contributed by atoms with Gasteiger partial charge in [0, 0.05) is 20.0 Å². The van der Waals surface area contributed by atoms with Crippen LogP contribution in [0.1, 0.15) is 71.1 Å². The summed E-state index contributed by atoms with van der Waals surface area (Å²) in [6.45, 7) is 1.06. The van der Waals surface area contributed by atoms with Gasteiger partial charge in [-0.05, 0) is 51.4 Å². The van der Waals surface area contributed by atoms with Gasteiger partial charge in [0.25, 0.3) is 7.82 Å². The summed E-state index contributed by atoms with van der Waals surface area (Å²) in [4.78, 5) is 35.4. The van der Waals surface area contributed by atoms with E-state index in [1.165, 1.54) is 6.92 Å². The number of allylic oxidation sites excluding steroid dienone is 8. The average Bonchev–Trinajstić information content (AvgIpc) is 2.88. The lowest BCUT2D eigenvalue weighted by atomic mass is 10.2. The van der Waals surface area contributed by atoms with Crippen LogP contribution in [-0.2, 0) is 32.7 Å². The number of rotatable bonds is 25. The molecule has 2 atom stereocenters. The van der Waals surface area contributed by atoms with E-state index in [0.29, 0.717) is 23.9 Å². The zero-order valence-corrected chi connectivity index (χ0v) is 26.3. The van der Waals surface area contributed by atoms with Crippen LogP contribution in [0.2, 0.25) is 0 Å². The van der Waals surface area contributed by atoms with Gasteiger partial charge >= 0.3 is 11.9 Å². The normalized spacial score (nSPS) is 14.8. The Labute approximate surface area is 246 Å². The standard InChI is InChI=1S/C30H52NO9P/c1-28(33)37-26-29(27-39-41(35,36)38-25-23-31(2,3)4)40-30(34)22-20-18-16-14-12-10-8-6-5-7-9-11-13-15-17-19-21-24-32/h5,7-8,10-11,13-14,16,29,32H,6,9,12,15,17-27H2,1-4H3/b7-5-,10-8-,13-11-,16-14-/t29-/m1/s1. The predicted molar refractivity (Wildman–Crippen MR) is 159 cm³/mol. The highest BCUT2D eigenvalue weighted by molar-refractivity contribution is 7.45. The topological polar surface area (TPSA) is 131 Å². The van der Waals surface area contributed by atoms with Crippen LogP contribution in [0, 0.1) is 0 Å². The average molecular weight is 602 g/mol. The zero-order chi connectivity index (χ0) is 30.8. The zero-order valence-electron chi connectivity index (χ0n) is 25.4. The van der Waals surface area contributed by atoms with Crippen molar-refractivity contribution in [3.63, 3.8) is 0 Å². The molecule has 0 aliphatic carbocycles. The number of unbranched alkanes of at least 4 members (excludes halogenated alkanes) is 4. The van der Waals surface area contributed by atoms with Crippen LogP contribution in [-0.4, -0.2) is 81.7 Å². The summed E-state index contributed by atoms with van der Waals surface area (Å²) in [5.41, 5.74) is 0. The van der Waals surface area contributed by atoms with Crippen LogP contribution in [0.25, 0.3) is 0 Å². The van der Waals surface area contributed by atoms with E-state index >= 15 is 0 Å². The van der Waals surface area contributed by atoms with E-state index in [-0.39, 0.29) is 26.2 Å². The van der Waals surface area contributed by atoms with Gasteiger partial charge in [0.1, 0.15) is 19.8 Å². The van der Waals surface area contributed by atoms with E-state index in [0.717, 1.165) is 44.9 Å². The predicted octanol–water partition coefficient (Wildman–Crippen LogP) is 4.79. The number of carbonyl (C=O) groups excluding carboxylic acids is 2. The van der Waals surface area contributed by atoms with Crippen molar-refractivity contribution in [1.82, 2.24) is 0 Å². The Morgan fingerprint density at radius 3 is 1.93 bits per heavy atom. The van der Waals surface area contributed by atoms with Crippen molar-refractivity contribution < 1.29 is 47.2 Å². The lowest BCUT2D eigenvalue weighted by Gasteiger charge is -2.28. The number of hydrogen-bond donors (Lipinski definition) is 1. The van der Waals surface area contributed by atoms with Crippen molar-refractivity contribution >= 4 is 19.8 Å². The van der Waals surface area contributed by atoms with Crippen LogP contribution in [0.15, 0.2) is 48.6 Å². The van der Waals surface area contributed by atoms with E-state index in [2.05, 4.69) is 36.5 Å². The number of carbonyl (C=O) groups is 2. The Kier molecular flexibility index (Phi) is 23.3. The van der Waals surface area contributed by atoms with E-state index < -0.39 is 32.5 Å². The van der Waals surface area contributed by atoms with Crippen molar-refractivity contribution in [2.45, 2.75) is 77.2 Å². The Balaban J connectivity index is 4.18. The fourth-order valence-corrected chi connectivity index (χ4v) is 3.90. The van der Waals surface area contributed by atoms with Crippen molar-refractivity contribution in [3.8, 4) is 0 Å². The summed E-state index contributed by atoms with van der Waals surface area (Å²) in [7, 11) is 1.09. The molecule has 0 saturated heterocycles. The summed E-state index contributed by atoms with van der Waals surface area (Å²) in [5, 5.41) is 8.74. The second kappa shape index (κ2) is 24.5. The first-order chi connectivity index (χ1) is 19.4. The molecule has 0 radical (unpaired) electrons. The monoisotopic (exact) mass is 601 g/mol. The Morgan fingerprint density at radius 2 is 1.39 bits per heavy atom. The van der Waals surface area contributed by atoms with Crippen LogP contribution in [0.4, 0.5) is 0 Å². The molecule has 0 aromatic carbocycles. The molecule has 0 aliphatic heterocycles. The minimum atomic E-state index is -4.60. The van der Waals surface area contributed by atoms with Gasteiger partial charge in [-0.3, -0.25) is 14.2 Å². The second-order valence-corrected chi connectivity index (χ2v) is 12.0. The largest absolute Gasteiger partial charge is 0.756 e. The van der Waals surface area contributed by atoms with Crippen LogP contribution < -0.4 is 4.89 Å². The molecule has 0 rings (SSSR count). The first-order valence-electron chi connectivity index (χ1n) is 14.4. The van der Waals surface area contributed by atoms with Gasteiger partial charge in [0.05, 0.1) is 27.7 Å². The van der Waals surface area contributed by atoms with Crippen LogP contribution in [0.3, 0.4) is 0 Å². The number of phosphoric ester groups is 1. The second-order valence-electron chi connectivity index (χ2n) is 10.6. The Hall–Kier alpha value is -2.07. The number of phosphoric acid groups is 1. The summed E-state index contributed by atoms with van der Waals surface area (Å²) >= 11 is 0. The molecule has 10 nitrogen and oxygen atoms in total. The van der Waals surface area contributed by atoms with Crippen molar-refractivity contribution in [2.24, 2.45) is 0 Å². The summed E-state index contributed by atoms with van der Waals surface area (Å²) < 4.78 is 32.4. The van der Waals surface area contributed by atoms with Crippen LogP contribution in [0.5, 0.6) is 0 Å². The molecule has 41 heavy (non-hydrogen) atoms. The number of nitrogens with zero attached hydrogens (tertiary/aromatic N) is 1. The summed E-state index contributed by atoms with van der Waals surface area (Å²) in [6, 6.07) is 0. The maximum absolute atomic E-state index is 12.2. The molecule has 0 aromatic rings. The first-order valence-corrected chi connectivity index (χ1v) is 15.9. The highest BCUT2D eigenvalue weighted by Crippen LogP contribution is 2.38. The molecule has 0 aliphatic rings. The molecule has 11 heteroatoms. The lowest BCUT2D eigenvalue weighted by Crippen LogP contribution is -2.37. The van der Waals surface area contributed by atoms with Crippen molar-refractivity contribution in [3.05, 3.63) is 48.6 Å². The highest BCUT2D eigenvalue weighted by Gasteiger charge is 2.21. The smallest absolute Gasteiger partial charge is 0.306 e. The molecule has 0 bridgehead atoms. The molecule has 0 heterocycles. The van der Waals surface area contributed by atoms with E-state index in [1.807, 2.05) is 33.3 Å². The molecular formula is C30H52NO9P. The number of ether oxygens (including phenoxy) is 2. The van der Waals surface area contributed by atoms with E-state index in [1.54, 1.807) is 0 Å². The summed E-state index contributed by atoms with van der Waals surface area (Å²) in [6.07, 6.45) is 23.9. The summed E-state index contributed by atoms with van der Waals surface area (Å²) in [5.74, 6) is -1.12. The minimum Gasteiger partial charge on any atom is -0.756 e. The Bertz CT molecular complexity index is 863. The van der Waals surface area contributed by atoms with Gasteiger partial charge in [-0.2, -0.15) is 0 Å². The number of aliphatic hydroxyl groups excluding tert-OH is 1. The highest BCUT2D eigenvalue weighted by atomic mass is 31.2. The van der Waals surface area contributed by atoms with Gasteiger partial charge in [-0.25, -0.2) is 0 Å². The van der Waals surface area contributed by atoms with Gasteiger partial charge in [-0.15, -0.1) is 0 Å². The Morgan fingerprint density at radius 1 is 0.829 bits per heavy atom. The van der Waals surface area contributed by atoms with Gasteiger partial charge < -0.3 is 33.0 Å².